The van der Waals surface area contributed by atoms with Crippen LogP contribution in [0, 0.1) is 6.92 Å². The summed E-state index contributed by atoms with van der Waals surface area (Å²) in [5.74, 6) is 1.49. The highest BCUT2D eigenvalue weighted by molar-refractivity contribution is 5.89. The van der Waals surface area contributed by atoms with Gasteiger partial charge in [-0.25, -0.2) is 4.79 Å². The summed E-state index contributed by atoms with van der Waals surface area (Å²) in [5, 5.41) is 5.43. The molecule has 2 N–H and O–H groups in total. The summed E-state index contributed by atoms with van der Waals surface area (Å²) in [6.45, 7) is 3.68. The molecule has 2 aromatic rings. The Kier molecular flexibility index (Phi) is 3.93. The first-order chi connectivity index (χ1) is 9.45. The molecule has 20 heavy (non-hydrogen) atoms. The molecule has 0 saturated heterocycles. The molecular formula is C14H17N3O3. The van der Waals surface area contributed by atoms with E-state index in [0.717, 1.165) is 5.76 Å². The lowest BCUT2D eigenvalue weighted by atomic mass is 10.2. The Morgan fingerprint density at radius 3 is 2.65 bits per heavy atom. The maximum atomic E-state index is 11.8. The zero-order valence-corrected chi connectivity index (χ0v) is 11.6. The summed E-state index contributed by atoms with van der Waals surface area (Å²) in [4.78, 5) is 23.1. The topological polar surface area (TPSA) is 76.3 Å². The second-order valence-electron chi connectivity index (χ2n) is 4.64. The van der Waals surface area contributed by atoms with E-state index in [1.807, 2.05) is 26.0 Å². The number of carbonyl (C=O) groups excluding carboxylic acids is 1. The van der Waals surface area contributed by atoms with E-state index in [-0.39, 0.29) is 17.6 Å². The fourth-order valence-corrected chi connectivity index (χ4v) is 1.79. The maximum Gasteiger partial charge on any atom is 0.319 e. The molecule has 0 radical (unpaired) electrons. The van der Waals surface area contributed by atoms with Crippen LogP contribution in [-0.4, -0.2) is 10.6 Å². The highest BCUT2D eigenvalue weighted by Gasteiger charge is 2.12. The predicted octanol–water partition coefficient (Wildman–Crippen LogP) is 2.17. The molecule has 0 aliphatic rings. The van der Waals surface area contributed by atoms with Crippen LogP contribution in [0.1, 0.15) is 24.5 Å². The van der Waals surface area contributed by atoms with Crippen LogP contribution in [-0.2, 0) is 7.05 Å². The van der Waals surface area contributed by atoms with E-state index in [1.165, 1.54) is 10.6 Å². The van der Waals surface area contributed by atoms with Crippen molar-refractivity contribution in [1.82, 2.24) is 9.88 Å². The van der Waals surface area contributed by atoms with E-state index < -0.39 is 0 Å². The number of hydrogen-bond acceptors (Lipinski definition) is 3. The summed E-state index contributed by atoms with van der Waals surface area (Å²) in [7, 11) is 1.62. The molecule has 0 aromatic carbocycles. The third-order valence-corrected chi connectivity index (χ3v) is 2.88. The molecule has 1 unspecified atom stereocenters. The number of anilines is 1. The fourth-order valence-electron chi connectivity index (χ4n) is 1.79. The minimum absolute atomic E-state index is 0.129. The summed E-state index contributed by atoms with van der Waals surface area (Å²) >= 11 is 0. The second kappa shape index (κ2) is 5.64. The largest absolute Gasteiger partial charge is 0.464 e. The molecule has 2 heterocycles. The predicted molar refractivity (Wildman–Crippen MR) is 75.7 cm³/mol. The first-order valence-electron chi connectivity index (χ1n) is 6.26. The Morgan fingerprint density at radius 1 is 1.30 bits per heavy atom. The van der Waals surface area contributed by atoms with Gasteiger partial charge in [-0.1, -0.05) is 0 Å². The smallest absolute Gasteiger partial charge is 0.319 e. The summed E-state index contributed by atoms with van der Waals surface area (Å²) < 4.78 is 6.84. The standard InChI is InChI=1S/C14H17N3O3/c1-9-4-6-12(20-9)10(2)15-14(19)16-11-5-7-13(18)17(3)8-11/h4-8,10H,1-3H3,(H2,15,16,19). The molecule has 0 aliphatic heterocycles. The van der Waals surface area contributed by atoms with Gasteiger partial charge in [0.15, 0.2) is 0 Å². The lowest BCUT2D eigenvalue weighted by molar-refractivity contribution is 0.247. The quantitative estimate of drug-likeness (QED) is 0.901. The number of rotatable bonds is 3. The molecule has 0 fully saturated rings. The Bertz CT molecular complexity index is 672. The first-order valence-corrected chi connectivity index (χ1v) is 6.26. The van der Waals surface area contributed by atoms with E-state index >= 15 is 0 Å². The van der Waals surface area contributed by atoms with Crippen LogP contribution in [0.5, 0.6) is 0 Å². The highest BCUT2D eigenvalue weighted by atomic mass is 16.3. The van der Waals surface area contributed by atoms with E-state index in [4.69, 9.17) is 4.42 Å². The van der Waals surface area contributed by atoms with Crippen molar-refractivity contribution in [3.8, 4) is 0 Å². The second-order valence-corrected chi connectivity index (χ2v) is 4.64. The number of amides is 2. The van der Waals surface area contributed by atoms with Crippen LogP contribution in [0.15, 0.2) is 39.7 Å². The number of nitrogens with one attached hydrogen (secondary N) is 2. The molecule has 1 atom stereocenters. The molecular weight excluding hydrogens is 258 g/mol. The van der Waals surface area contributed by atoms with Crippen LogP contribution < -0.4 is 16.2 Å². The van der Waals surface area contributed by atoms with Crippen molar-refractivity contribution in [2.24, 2.45) is 7.05 Å². The van der Waals surface area contributed by atoms with Crippen molar-refractivity contribution >= 4 is 11.7 Å². The zero-order valence-electron chi connectivity index (χ0n) is 11.6. The Morgan fingerprint density at radius 2 is 2.05 bits per heavy atom. The number of nitrogens with zero attached hydrogens (tertiary/aromatic N) is 1. The number of aromatic nitrogens is 1. The molecule has 106 valence electrons. The molecule has 0 saturated carbocycles. The monoisotopic (exact) mass is 275 g/mol. The summed E-state index contributed by atoms with van der Waals surface area (Å²) in [6.07, 6.45) is 1.56. The van der Waals surface area contributed by atoms with Crippen LogP contribution >= 0.6 is 0 Å². The molecule has 6 heteroatoms. The van der Waals surface area contributed by atoms with Gasteiger partial charge in [0, 0.05) is 19.3 Å². The fraction of sp³-hybridized carbons (Fsp3) is 0.286. The van der Waals surface area contributed by atoms with Crippen molar-refractivity contribution in [1.29, 1.82) is 0 Å². The minimum atomic E-state index is -0.356. The number of furan rings is 1. The van der Waals surface area contributed by atoms with Crippen molar-refractivity contribution in [2.75, 3.05) is 5.32 Å². The van der Waals surface area contributed by atoms with Gasteiger partial charge in [-0.15, -0.1) is 0 Å². The van der Waals surface area contributed by atoms with Gasteiger partial charge in [-0.05, 0) is 32.0 Å². The van der Waals surface area contributed by atoms with Gasteiger partial charge in [-0.3, -0.25) is 4.79 Å². The molecule has 2 aromatic heterocycles. The SMILES string of the molecule is Cc1ccc(C(C)NC(=O)Nc2ccc(=O)n(C)c2)o1. The van der Waals surface area contributed by atoms with E-state index in [0.29, 0.717) is 11.4 Å². The molecule has 0 aliphatic carbocycles. The molecule has 6 nitrogen and oxygen atoms in total. The minimum Gasteiger partial charge on any atom is -0.464 e. The highest BCUT2D eigenvalue weighted by Crippen LogP contribution is 2.15. The summed E-state index contributed by atoms with van der Waals surface area (Å²) in [6, 6.07) is 6.03. The normalized spacial score (nSPS) is 11.9. The number of pyridine rings is 1. The number of aryl methyl sites for hydroxylation is 2. The first kappa shape index (κ1) is 13.9. The Hall–Kier alpha value is -2.50. The van der Waals surface area contributed by atoms with Crippen molar-refractivity contribution in [3.63, 3.8) is 0 Å². The maximum absolute atomic E-state index is 11.8. The number of hydrogen-bond donors (Lipinski definition) is 2. The number of urea groups is 1. The third-order valence-electron chi connectivity index (χ3n) is 2.88. The van der Waals surface area contributed by atoms with Crippen LogP contribution in [0.4, 0.5) is 10.5 Å². The van der Waals surface area contributed by atoms with Gasteiger partial charge in [-0.2, -0.15) is 0 Å². The van der Waals surface area contributed by atoms with Gasteiger partial charge in [0.1, 0.15) is 11.5 Å². The van der Waals surface area contributed by atoms with Gasteiger partial charge in [0.25, 0.3) is 0 Å². The van der Waals surface area contributed by atoms with Crippen LogP contribution in [0.3, 0.4) is 0 Å². The van der Waals surface area contributed by atoms with E-state index in [1.54, 1.807) is 19.3 Å². The summed E-state index contributed by atoms with van der Waals surface area (Å²) in [5.41, 5.74) is 0.419. The van der Waals surface area contributed by atoms with E-state index in [9.17, 15) is 9.59 Å². The van der Waals surface area contributed by atoms with Crippen molar-refractivity contribution < 1.29 is 9.21 Å². The average Bonchev–Trinajstić information content (AvgIpc) is 2.80. The average molecular weight is 275 g/mol. The van der Waals surface area contributed by atoms with Gasteiger partial charge in [0.2, 0.25) is 5.56 Å². The zero-order chi connectivity index (χ0) is 14.7. The van der Waals surface area contributed by atoms with Crippen LogP contribution in [0.2, 0.25) is 0 Å². The third kappa shape index (κ3) is 3.28. The Labute approximate surface area is 116 Å². The van der Waals surface area contributed by atoms with E-state index in [2.05, 4.69) is 10.6 Å². The van der Waals surface area contributed by atoms with Crippen molar-refractivity contribution in [2.45, 2.75) is 19.9 Å². The molecule has 0 bridgehead atoms. The molecule has 0 spiro atoms. The van der Waals surface area contributed by atoms with Crippen LogP contribution in [0.25, 0.3) is 0 Å². The molecule has 2 rings (SSSR count). The van der Waals surface area contributed by atoms with Gasteiger partial charge in [0.05, 0.1) is 11.7 Å². The van der Waals surface area contributed by atoms with Crippen molar-refractivity contribution in [3.05, 3.63) is 52.3 Å². The number of carbonyl (C=O) groups is 1. The van der Waals surface area contributed by atoms with Gasteiger partial charge < -0.3 is 19.6 Å². The molecule has 2 amide bonds. The Balaban J connectivity index is 1.98. The lowest BCUT2D eigenvalue weighted by Crippen LogP contribution is -2.31. The lowest BCUT2D eigenvalue weighted by Gasteiger charge is -2.13. The van der Waals surface area contributed by atoms with Gasteiger partial charge >= 0.3 is 6.03 Å².